The Kier molecular flexibility index (Phi) is 5.16. The minimum absolute atomic E-state index is 0.0163. The number of carbonyl (C=O) groups is 1. The van der Waals surface area contributed by atoms with E-state index >= 15 is 0 Å². The van der Waals surface area contributed by atoms with E-state index in [1.807, 2.05) is 25.1 Å². The van der Waals surface area contributed by atoms with Crippen LogP contribution in [0.5, 0.6) is 5.75 Å². The van der Waals surface area contributed by atoms with Crippen molar-refractivity contribution in [3.05, 3.63) is 48.9 Å². The van der Waals surface area contributed by atoms with Gasteiger partial charge in [0, 0.05) is 17.5 Å². The van der Waals surface area contributed by atoms with Gasteiger partial charge in [-0.25, -0.2) is 0 Å². The average molecular weight is 372 g/mol. The van der Waals surface area contributed by atoms with Gasteiger partial charge in [0.1, 0.15) is 12.0 Å². The molecule has 3 rings (SSSR count). The van der Waals surface area contributed by atoms with Crippen LogP contribution in [0.25, 0.3) is 11.6 Å². The van der Waals surface area contributed by atoms with Gasteiger partial charge in [-0.15, -0.1) is 11.3 Å². The summed E-state index contributed by atoms with van der Waals surface area (Å²) in [5.74, 6) is 0.924. The zero-order chi connectivity index (χ0) is 18.9. The highest BCUT2D eigenvalue weighted by molar-refractivity contribution is 7.07. The molecule has 0 saturated heterocycles. The minimum Gasteiger partial charge on any atom is -0.492 e. The highest BCUT2D eigenvalue weighted by Crippen LogP contribution is 2.38. The average Bonchev–Trinajstić information content (AvgIpc) is 3.12. The third-order valence-corrected chi connectivity index (χ3v) is 5.74. The maximum absolute atomic E-state index is 12.3. The van der Waals surface area contributed by atoms with Crippen molar-refractivity contribution in [1.29, 1.82) is 0 Å². The highest BCUT2D eigenvalue weighted by Gasteiger charge is 2.31. The quantitative estimate of drug-likeness (QED) is 0.776. The molecule has 0 amide bonds. The second-order valence-electron chi connectivity index (χ2n) is 7.41. The first-order valence-electron chi connectivity index (χ1n) is 8.67. The van der Waals surface area contributed by atoms with Gasteiger partial charge in [0.25, 0.3) is 5.56 Å². The number of hydrogen-bond acceptors (Lipinski definition) is 5. The Morgan fingerprint density at radius 3 is 2.96 bits per heavy atom. The molecule has 2 N–H and O–H groups in total. The number of H-pyrrole nitrogens is 1. The summed E-state index contributed by atoms with van der Waals surface area (Å²) in [4.78, 5) is 25.9. The van der Waals surface area contributed by atoms with Gasteiger partial charge in [-0.2, -0.15) is 0 Å². The molecule has 26 heavy (non-hydrogen) atoms. The Morgan fingerprint density at radius 2 is 2.23 bits per heavy atom. The van der Waals surface area contributed by atoms with E-state index in [1.54, 1.807) is 6.92 Å². The van der Waals surface area contributed by atoms with Crippen molar-refractivity contribution in [2.24, 2.45) is 0 Å². The summed E-state index contributed by atoms with van der Waals surface area (Å²) in [5, 5.41) is 3.10. The number of rotatable bonds is 5. The topological polar surface area (TPSA) is 71.2 Å². The molecule has 0 fully saturated rings. The zero-order valence-corrected chi connectivity index (χ0v) is 16.3. The van der Waals surface area contributed by atoms with E-state index in [1.165, 1.54) is 16.9 Å². The van der Waals surface area contributed by atoms with E-state index in [4.69, 9.17) is 4.74 Å². The number of thiazole rings is 1. The highest BCUT2D eigenvalue weighted by atomic mass is 32.1. The second-order valence-corrected chi connectivity index (χ2v) is 8.46. The lowest BCUT2D eigenvalue weighted by Gasteiger charge is -2.15. The summed E-state index contributed by atoms with van der Waals surface area (Å²) in [6.45, 7) is 9.30. The van der Waals surface area contributed by atoms with Crippen molar-refractivity contribution in [2.75, 3.05) is 13.2 Å². The lowest BCUT2D eigenvalue weighted by molar-refractivity contribution is -0.109. The molecule has 1 atom stereocenters. The van der Waals surface area contributed by atoms with E-state index in [0.717, 1.165) is 27.8 Å². The smallest absolute Gasteiger partial charge is 0.266 e. The van der Waals surface area contributed by atoms with Crippen LogP contribution in [0.1, 0.15) is 38.8 Å². The predicted octanol–water partition coefficient (Wildman–Crippen LogP) is 1.28. The van der Waals surface area contributed by atoms with Crippen LogP contribution in [0, 0.1) is 0 Å². The molecule has 1 aliphatic rings. The normalized spacial score (nSPS) is 18.2. The molecule has 0 radical (unpaired) electrons. The van der Waals surface area contributed by atoms with Gasteiger partial charge in [0.15, 0.2) is 0 Å². The van der Waals surface area contributed by atoms with E-state index < -0.39 is 0 Å². The number of aromatic amines is 1. The molecular weight excluding hydrogens is 348 g/mol. The molecule has 1 aliphatic heterocycles. The van der Waals surface area contributed by atoms with Crippen molar-refractivity contribution >= 4 is 29.3 Å². The summed E-state index contributed by atoms with van der Waals surface area (Å²) in [5.41, 5.74) is 3.06. The van der Waals surface area contributed by atoms with E-state index in [2.05, 4.69) is 30.2 Å². The maximum atomic E-state index is 12.3. The summed E-state index contributed by atoms with van der Waals surface area (Å²) in [6.07, 6.45) is 2.78. The summed E-state index contributed by atoms with van der Waals surface area (Å²) in [7, 11) is 0. The molecule has 0 bridgehead atoms. The number of aromatic nitrogens is 1. The number of ether oxygens (including phenoxy) is 1. The number of carbonyl (C=O) groups excluding carboxylic acids is 1. The van der Waals surface area contributed by atoms with Crippen LogP contribution in [-0.2, 0) is 10.2 Å². The third kappa shape index (κ3) is 3.81. The summed E-state index contributed by atoms with van der Waals surface area (Å²) < 4.78 is 7.22. The van der Waals surface area contributed by atoms with Crippen molar-refractivity contribution in [3.8, 4) is 5.75 Å². The lowest BCUT2D eigenvalue weighted by atomic mass is 9.86. The molecular formula is C20H24N2O3S. The minimum atomic E-state index is -0.209. The molecule has 0 spiro atoms. The number of benzene rings is 1. The van der Waals surface area contributed by atoms with Gasteiger partial charge in [0.2, 0.25) is 0 Å². The van der Waals surface area contributed by atoms with Gasteiger partial charge in [-0.3, -0.25) is 4.79 Å². The van der Waals surface area contributed by atoms with Crippen molar-refractivity contribution < 1.29 is 9.53 Å². The molecule has 1 unspecified atom stereocenters. The first-order chi connectivity index (χ1) is 12.3. The van der Waals surface area contributed by atoms with Gasteiger partial charge in [-0.1, -0.05) is 19.9 Å². The number of hydrogen-bond donors (Lipinski definition) is 2. The van der Waals surface area contributed by atoms with Gasteiger partial charge < -0.3 is 19.8 Å². The van der Waals surface area contributed by atoms with Crippen LogP contribution < -0.4 is 24.8 Å². The molecule has 1 aromatic heterocycles. The van der Waals surface area contributed by atoms with Gasteiger partial charge >= 0.3 is 0 Å². The lowest BCUT2D eigenvalue weighted by Crippen LogP contribution is -2.30. The molecule has 2 heterocycles. The standard InChI is InChI=1S/C20H24N2O3S/c1-12(9-21-13(2)10-23)19-22-18(24)17(26-19)8-14-5-6-16-15(7-14)20(3,4)11-25-16/h5-8,10,13,21H,9,11H2,1-4H3,(H,22,24)/b17-8-,19-12-. The van der Waals surface area contributed by atoms with Crippen LogP contribution in [0.2, 0.25) is 0 Å². The fourth-order valence-electron chi connectivity index (χ4n) is 2.86. The zero-order valence-electron chi connectivity index (χ0n) is 15.5. The molecule has 2 aromatic rings. The molecule has 0 saturated carbocycles. The van der Waals surface area contributed by atoms with Crippen LogP contribution in [0.4, 0.5) is 0 Å². The molecule has 6 heteroatoms. The van der Waals surface area contributed by atoms with Gasteiger partial charge in [-0.05, 0) is 43.2 Å². The van der Waals surface area contributed by atoms with Gasteiger partial charge in [0.05, 0.1) is 21.8 Å². The SMILES string of the molecule is C/C(CNC(C)C=O)=c1\[nH]c(=O)/c(=C/c2ccc3c(c2)C(C)(C)CO3)s1. The fraction of sp³-hybridized carbons (Fsp3) is 0.400. The largest absolute Gasteiger partial charge is 0.492 e. The number of nitrogens with one attached hydrogen (secondary N) is 2. The maximum Gasteiger partial charge on any atom is 0.266 e. The summed E-state index contributed by atoms with van der Waals surface area (Å²) >= 11 is 1.43. The Balaban J connectivity index is 1.95. The van der Waals surface area contributed by atoms with Crippen LogP contribution >= 0.6 is 11.3 Å². The summed E-state index contributed by atoms with van der Waals surface area (Å²) in [6, 6.07) is 5.84. The van der Waals surface area contributed by atoms with E-state index in [0.29, 0.717) is 17.7 Å². The monoisotopic (exact) mass is 372 g/mol. The Bertz CT molecular complexity index is 1000. The first-order valence-corrected chi connectivity index (χ1v) is 9.48. The van der Waals surface area contributed by atoms with Crippen LogP contribution in [0.15, 0.2) is 23.0 Å². The van der Waals surface area contributed by atoms with Crippen LogP contribution in [0.3, 0.4) is 0 Å². The molecule has 5 nitrogen and oxygen atoms in total. The Morgan fingerprint density at radius 1 is 1.46 bits per heavy atom. The Hall–Kier alpha value is -2.18. The number of aldehydes is 1. The molecule has 0 aliphatic carbocycles. The van der Waals surface area contributed by atoms with Crippen molar-refractivity contribution in [3.63, 3.8) is 0 Å². The van der Waals surface area contributed by atoms with E-state index in [-0.39, 0.29) is 17.0 Å². The van der Waals surface area contributed by atoms with Crippen molar-refractivity contribution in [2.45, 2.75) is 39.2 Å². The molecule has 138 valence electrons. The molecule has 1 aromatic carbocycles. The Labute approximate surface area is 156 Å². The van der Waals surface area contributed by atoms with E-state index in [9.17, 15) is 9.59 Å². The second kappa shape index (κ2) is 7.21. The van der Waals surface area contributed by atoms with Crippen molar-refractivity contribution in [1.82, 2.24) is 10.3 Å². The first kappa shape index (κ1) is 18.6. The predicted molar refractivity (Wildman–Crippen MR) is 105 cm³/mol. The van der Waals surface area contributed by atoms with Crippen LogP contribution in [-0.4, -0.2) is 30.5 Å². The third-order valence-electron chi connectivity index (χ3n) is 4.56. The fourth-order valence-corrected chi connectivity index (χ4v) is 3.81. The number of fused-ring (bicyclic) bond motifs is 1.